The van der Waals surface area contributed by atoms with Crippen LogP contribution in [0.5, 0.6) is 0 Å². The highest BCUT2D eigenvalue weighted by molar-refractivity contribution is 6.31. The Bertz CT molecular complexity index is 391. The monoisotopic (exact) mass is 222 g/mol. The van der Waals surface area contributed by atoms with Crippen LogP contribution in [-0.4, -0.2) is 6.54 Å². The SMILES string of the molecule is Cc1ccc(NCC(C)(C)C#N)cc1Cl. The molecule has 0 bridgehead atoms. The molecule has 1 N–H and O–H groups in total. The molecule has 0 spiro atoms. The number of benzene rings is 1. The quantitative estimate of drug-likeness (QED) is 0.848. The number of hydrogen-bond donors (Lipinski definition) is 1. The van der Waals surface area contributed by atoms with Gasteiger partial charge in [-0.25, -0.2) is 0 Å². The molecule has 0 aromatic heterocycles. The number of nitrogens with one attached hydrogen (secondary N) is 1. The topological polar surface area (TPSA) is 35.8 Å². The number of hydrogen-bond acceptors (Lipinski definition) is 2. The van der Waals surface area contributed by atoms with Crippen molar-refractivity contribution in [1.82, 2.24) is 0 Å². The molecule has 3 heteroatoms. The summed E-state index contributed by atoms with van der Waals surface area (Å²) in [5.41, 5.74) is 1.65. The second-order valence-electron chi connectivity index (χ2n) is 4.31. The van der Waals surface area contributed by atoms with Crippen molar-refractivity contribution in [1.29, 1.82) is 5.26 Å². The van der Waals surface area contributed by atoms with E-state index in [1.807, 2.05) is 39.0 Å². The van der Waals surface area contributed by atoms with Gasteiger partial charge in [-0.1, -0.05) is 17.7 Å². The lowest BCUT2D eigenvalue weighted by atomic mass is 9.96. The van der Waals surface area contributed by atoms with E-state index in [4.69, 9.17) is 16.9 Å². The van der Waals surface area contributed by atoms with E-state index >= 15 is 0 Å². The maximum atomic E-state index is 8.85. The van der Waals surface area contributed by atoms with Crippen molar-refractivity contribution in [3.8, 4) is 6.07 Å². The number of halogens is 1. The first-order chi connectivity index (χ1) is 6.94. The van der Waals surface area contributed by atoms with Crippen molar-refractivity contribution in [3.05, 3.63) is 28.8 Å². The molecule has 80 valence electrons. The summed E-state index contributed by atoms with van der Waals surface area (Å²) in [6.45, 7) is 6.37. The maximum absolute atomic E-state index is 8.85. The second kappa shape index (κ2) is 4.55. The number of aryl methyl sites for hydroxylation is 1. The van der Waals surface area contributed by atoms with Crippen molar-refractivity contribution < 1.29 is 0 Å². The average Bonchev–Trinajstić information content (AvgIpc) is 2.20. The largest absolute Gasteiger partial charge is 0.383 e. The van der Waals surface area contributed by atoms with Crippen LogP contribution in [0.25, 0.3) is 0 Å². The van der Waals surface area contributed by atoms with E-state index in [2.05, 4.69) is 11.4 Å². The molecule has 0 saturated heterocycles. The number of nitriles is 1. The highest BCUT2D eigenvalue weighted by Crippen LogP contribution is 2.21. The van der Waals surface area contributed by atoms with Crippen LogP contribution in [-0.2, 0) is 0 Å². The Hall–Kier alpha value is -1.20. The Kier molecular flexibility index (Phi) is 3.60. The van der Waals surface area contributed by atoms with Gasteiger partial charge in [0.05, 0.1) is 11.5 Å². The maximum Gasteiger partial charge on any atom is 0.0702 e. The number of nitrogens with zero attached hydrogens (tertiary/aromatic N) is 1. The van der Waals surface area contributed by atoms with Crippen molar-refractivity contribution in [2.24, 2.45) is 5.41 Å². The van der Waals surface area contributed by atoms with Crippen molar-refractivity contribution >= 4 is 17.3 Å². The predicted molar refractivity (Wildman–Crippen MR) is 64.1 cm³/mol. The van der Waals surface area contributed by atoms with Gasteiger partial charge in [0, 0.05) is 17.3 Å². The molecular formula is C12H15ClN2. The molecule has 1 aromatic rings. The lowest BCUT2D eigenvalue weighted by Crippen LogP contribution is -2.20. The normalized spacial score (nSPS) is 10.9. The Labute approximate surface area is 95.9 Å². The van der Waals surface area contributed by atoms with Crippen LogP contribution in [0.2, 0.25) is 5.02 Å². The number of rotatable bonds is 3. The van der Waals surface area contributed by atoms with Gasteiger partial charge < -0.3 is 5.32 Å². The molecule has 15 heavy (non-hydrogen) atoms. The Morgan fingerprint density at radius 3 is 2.67 bits per heavy atom. The summed E-state index contributed by atoms with van der Waals surface area (Å²) in [5.74, 6) is 0. The molecule has 2 nitrogen and oxygen atoms in total. The van der Waals surface area contributed by atoms with E-state index in [9.17, 15) is 0 Å². The second-order valence-corrected chi connectivity index (χ2v) is 4.72. The molecule has 0 aliphatic rings. The highest BCUT2D eigenvalue weighted by atomic mass is 35.5. The first kappa shape index (κ1) is 11.9. The first-order valence-corrected chi connectivity index (χ1v) is 5.24. The minimum atomic E-state index is -0.364. The summed E-state index contributed by atoms with van der Waals surface area (Å²) in [5, 5.41) is 12.8. The van der Waals surface area contributed by atoms with Gasteiger partial charge >= 0.3 is 0 Å². The molecule has 0 radical (unpaired) electrons. The minimum absolute atomic E-state index is 0.364. The van der Waals surface area contributed by atoms with Crippen molar-refractivity contribution in [2.75, 3.05) is 11.9 Å². The average molecular weight is 223 g/mol. The third-order valence-corrected chi connectivity index (χ3v) is 2.62. The van der Waals surface area contributed by atoms with E-state index < -0.39 is 0 Å². The molecular weight excluding hydrogens is 208 g/mol. The third-order valence-electron chi connectivity index (χ3n) is 2.21. The van der Waals surface area contributed by atoms with Crippen LogP contribution >= 0.6 is 11.6 Å². The number of anilines is 1. The summed E-state index contributed by atoms with van der Waals surface area (Å²) in [6, 6.07) is 8.05. The third kappa shape index (κ3) is 3.45. The summed E-state index contributed by atoms with van der Waals surface area (Å²) in [7, 11) is 0. The zero-order valence-corrected chi connectivity index (χ0v) is 10.0. The molecule has 0 amide bonds. The zero-order valence-electron chi connectivity index (χ0n) is 9.26. The van der Waals surface area contributed by atoms with E-state index in [1.54, 1.807) is 0 Å². The summed E-state index contributed by atoms with van der Waals surface area (Å²) < 4.78 is 0. The summed E-state index contributed by atoms with van der Waals surface area (Å²) in [4.78, 5) is 0. The summed E-state index contributed by atoms with van der Waals surface area (Å²) >= 11 is 5.99. The van der Waals surface area contributed by atoms with Gasteiger partial charge in [-0.2, -0.15) is 5.26 Å². The van der Waals surface area contributed by atoms with E-state index in [0.29, 0.717) is 6.54 Å². The van der Waals surface area contributed by atoms with Crippen molar-refractivity contribution in [2.45, 2.75) is 20.8 Å². The first-order valence-electron chi connectivity index (χ1n) is 4.86. The van der Waals surface area contributed by atoms with Crippen LogP contribution in [0.1, 0.15) is 19.4 Å². The molecule has 1 aromatic carbocycles. The molecule has 0 fully saturated rings. The van der Waals surface area contributed by atoms with Gasteiger partial charge in [-0.15, -0.1) is 0 Å². The standard InChI is InChI=1S/C12H15ClN2/c1-9-4-5-10(6-11(9)13)15-8-12(2,3)7-14/h4-6,15H,8H2,1-3H3. The Morgan fingerprint density at radius 1 is 1.47 bits per heavy atom. The van der Waals surface area contributed by atoms with Gasteiger partial charge in [0.15, 0.2) is 0 Å². The smallest absolute Gasteiger partial charge is 0.0702 e. The molecule has 0 unspecified atom stereocenters. The van der Waals surface area contributed by atoms with Crippen LogP contribution < -0.4 is 5.32 Å². The fourth-order valence-electron chi connectivity index (χ4n) is 1.07. The van der Waals surface area contributed by atoms with Crippen molar-refractivity contribution in [3.63, 3.8) is 0 Å². The minimum Gasteiger partial charge on any atom is -0.383 e. The molecule has 0 atom stereocenters. The molecule has 1 rings (SSSR count). The van der Waals surface area contributed by atoms with Gasteiger partial charge in [0.2, 0.25) is 0 Å². The van der Waals surface area contributed by atoms with Gasteiger partial charge in [-0.3, -0.25) is 0 Å². The molecule has 0 saturated carbocycles. The van der Waals surface area contributed by atoms with Gasteiger partial charge in [0.25, 0.3) is 0 Å². The van der Waals surface area contributed by atoms with Gasteiger partial charge in [0.1, 0.15) is 0 Å². The van der Waals surface area contributed by atoms with E-state index in [0.717, 1.165) is 16.3 Å². The summed E-state index contributed by atoms with van der Waals surface area (Å²) in [6.07, 6.45) is 0. The Balaban J connectivity index is 2.67. The van der Waals surface area contributed by atoms with Crippen LogP contribution in [0.4, 0.5) is 5.69 Å². The van der Waals surface area contributed by atoms with E-state index in [1.165, 1.54) is 0 Å². The Morgan fingerprint density at radius 2 is 2.13 bits per heavy atom. The lowest BCUT2D eigenvalue weighted by molar-refractivity contribution is 0.529. The fourth-order valence-corrected chi connectivity index (χ4v) is 1.25. The van der Waals surface area contributed by atoms with E-state index in [-0.39, 0.29) is 5.41 Å². The molecule has 0 heterocycles. The van der Waals surface area contributed by atoms with Crippen LogP contribution in [0.15, 0.2) is 18.2 Å². The molecule has 0 aliphatic carbocycles. The molecule has 0 aliphatic heterocycles. The highest BCUT2D eigenvalue weighted by Gasteiger charge is 2.15. The lowest BCUT2D eigenvalue weighted by Gasteiger charge is -2.17. The predicted octanol–water partition coefficient (Wildman–Crippen LogP) is 3.61. The fraction of sp³-hybridized carbons (Fsp3) is 0.417. The zero-order chi connectivity index (χ0) is 11.5. The van der Waals surface area contributed by atoms with Gasteiger partial charge in [-0.05, 0) is 38.5 Å². The van der Waals surface area contributed by atoms with Crippen LogP contribution in [0.3, 0.4) is 0 Å². The van der Waals surface area contributed by atoms with Crippen LogP contribution in [0, 0.1) is 23.7 Å².